The van der Waals surface area contributed by atoms with Crippen LogP contribution in [0.15, 0.2) is 12.2 Å². The molecule has 2 aliphatic carbocycles. The summed E-state index contributed by atoms with van der Waals surface area (Å²) in [6.45, 7) is 0. The third-order valence-corrected chi connectivity index (χ3v) is 3.47. The lowest BCUT2D eigenvalue weighted by Crippen LogP contribution is -2.24. The molecule has 0 aromatic carbocycles. The fourth-order valence-electron chi connectivity index (χ4n) is 2.70. The van der Waals surface area contributed by atoms with Gasteiger partial charge in [0.15, 0.2) is 0 Å². The van der Waals surface area contributed by atoms with Crippen LogP contribution in [-0.4, -0.2) is 0 Å². The monoisotopic (exact) mass is 150 g/mol. The molecule has 0 amide bonds. The number of allylic oxidation sites excluding steroid dienone is 2. The second kappa shape index (κ2) is 3.00. The quantitative estimate of drug-likeness (QED) is 0.462. The smallest absolute Gasteiger partial charge is 0.0260 e. The number of hydrogen-bond acceptors (Lipinski definition) is 0. The molecular formula is C11H18. The molecule has 1 fully saturated rings. The molecule has 0 saturated heterocycles. The van der Waals surface area contributed by atoms with Gasteiger partial charge in [-0.2, -0.15) is 0 Å². The van der Waals surface area contributed by atoms with Crippen molar-refractivity contribution in [3.63, 3.8) is 0 Å². The van der Waals surface area contributed by atoms with E-state index >= 15 is 0 Å². The van der Waals surface area contributed by atoms with Crippen molar-refractivity contribution >= 4 is 0 Å². The summed E-state index contributed by atoms with van der Waals surface area (Å²) in [5.41, 5.74) is 0.771. The molecule has 0 aromatic rings. The van der Waals surface area contributed by atoms with E-state index in [2.05, 4.69) is 12.2 Å². The first-order valence-electron chi connectivity index (χ1n) is 5.06. The van der Waals surface area contributed by atoms with E-state index in [1.165, 1.54) is 51.4 Å². The third-order valence-electron chi connectivity index (χ3n) is 3.47. The molecule has 1 spiro atoms. The first-order chi connectivity index (χ1) is 5.41. The van der Waals surface area contributed by atoms with Crippen LogP contribution in [-0.2, 0) is 0 Å². The third kappa shape index (κ3) is 1.50. The summed E-state index contributed by atoms with van der Waals surface area (Å²) >= 11 is 0. The van der Waals surface area contributed by atoms with Crippen LogP contribution in [0.3, 0.4) is 0 Å². The van der Waals surface area contributed by atoms with Crippen LogP contribution in [0, 0.1) is 5.41 Å². The van der Waals surface area contributed by atoms with Crippen LogP contribution in [0.1, 0.15) is 51.4 Å². The second-order valence-electron chi connectivity index (χ2n) is 4.27. The van der Waals surface area contributed by atoms with Gasteiger partial charge in [-0.3, -0.25) is 0 Å². The molecule has 2 rings (SSSR count). The molecule has 0 radical (unpaired) electrons. The zero-order valence-electron chi connectivity index (χ0n) is 7.31. The van der Waals surface area contributed by atoms with Gasteiger partial charge in [0.2, 0.25) is 0 Å². The van der Waals surface area contributed by atoms with Gasteiger partial charge in [0, 0.05) is 0 Å². The summed E-state index contributed by atoms with van der Waals surface area (Å²) in [6, 6.07) is 0. The van der Waals surface area contributed by atoms with E-state index < -0.39 is 0 Å². The highest BCUT2D eigenvalue weighted by atomic mass is 14.4. The first kappa shape index (κ1) is 7.39. The predicted octanol–water partition coefficient (Wildman–Crippen LogP) is 3.68. The van der Waals surface area contributed by atoms with Crippen molar-refractivity contribution < 1.29 is 0 Å². The maximum absolute atomic E-state index is 2.41. The Morgan fingerprint density at radius 1 is 0.818 bits per heavy atom. The maximum atomic E-state index is 2.41. The van der Waals surface area contributed by atoms with E-state index in [1.54, 1.807) is 0 Å². The number of hydrogen-bond donors (Lipinski definition) is 0. The zero-order chi connectivity index (χ0) is 7.57. The molecular weight excluding hydrogens is 132 g/mol. The summed E-state index contributed by atoms with van der Waals surface area (Å²) in [6.07, 6.45) is 16.5. The average molecular weight is 150 g/mol. The van der Waals surface area contributed by atoms with E-state index in [1.807, 2.05) is 0 Å². The maximum Gasteiger partial charge on any atom is -0.0260 e. The van der Waals surface area contributed by atoms with E-state index in [4.69, 9.17) is 0 Å². The standard InChI is InChI=1S/C11H18/c1-3-7-11(8-4-1)9-5-2-6-10-11/h1,3H,2,4-10H2. The van der Waals surface area contributed by atoms with Crippen LogP contribution in [0.25, 0.3) is 0 Å². The molecule has 0 bridgehead atoms. The summed E-state index contributed by atoms with van der Waals surface area (Å²) in [4.78, 5) is 0. The first-order valence-corrected chi connectivity index (χ1v) is 5.06. The van der Waals surface area contributed by atoms with Gasteiger partial charge in [0.1, 0.15) is 0 Å². The van der Waals surface area contributed by atoms with Crippen molar-refractivity contribution in [2.45, 2.75) is 51.4 Å². The minimum atomic E-state index is 0.771. The Bertz CT molecular complexity index is 149. The fourth-order valence-corrected chi connectivity index (χ4v) is 2.70. The Balaban J connectivity index is 2.01. The van der Waals surface area contributed by atoms with Crippen molar-refractivity contribution in [2.75, 3.05) is 0 Å². The molecule has 0 heterocycles. The van der Waals surface area contributed by atoms with Gasteiger partial charge < -0.3 is 0 Å². The van der Waals surface area contributed by atoms with Gasteiger partial charge in [-0.1, -0.05) is 31.4 Å². The lowest BCUT2D eigenvalue weighted by atomic mass is 9.67. The molecule has 2 aliphatic rings. The summed E-state index contributed by atoms with van der Waals surface area (Å²) < 4.78 is 0. The summed E-state index contributed by atoms with van der Waals surface area (Å²) in [7, 11) is 0. The molecule has 0 aliphatic heterocycles. The molecule has 0 nitrogen and oxygen atoms in total. The van der Waals surface area contributed by atoms with E-state index in [0.717, 1.165) is 5.41 Å². The highest BCUT2D eigenvalue weighted by Crippen LogP contribution is 2.45. The molecule has 0 heteroatoms. The summed E-state index contributed by atoms with van der Waals surface area (Å²) in [5, 5.41) is 0. The summed E-state index contributed by atoms with van der Waals surface area (Å²) in [5.74, 6) is 0. The van der Waals surface area contributed by atoms with Crippen molar-refractivity contribution in [2.24, 2.45) is 5.41 Å². The second-order valence-corrected chi connectivity index (χ2v) is 4.27. The molecule has 0 atom stereocenters. The minimum absolute atomic E-state index is 0.771. The van der Waals surface area contributed by atoms with Gasteiger partial charge in [-0.25, -0.2) is 0 Å². The zero-order valence-corrected chi connectivity index (χ0v) is 7.31. The highest BCUT2D eigenvalue weighted by molar-refractivity contribution is 4.98. The molecule has 62 valence electrons. The van der Waals surface area contributed by atoms with Crippen LogP contribution in [0.4, 0.5) is 0 Å². The Morgan fingerprint density at radius 2 is 1.64 bits per heavy atom. The Labute approximate surface area is 69.7 Å². The fraction of sp³-hybridized carbons (Fsp3) is 0.818. The molecule has 11 heavy (non-hydrogen) atoms. The van der Waals surface area contributed by atoms with E-state index in [9.17, 15) is 0 Å². The minimum Gasteiger partial charge on any atom is -0.0885 e. The van der Waals surface area contributed by atoms with Crippen LogP contribution < -0.4 is 0 Å². The number of rotatable bonds is 0. The average Bonchev–Trinajstić information content (AvgIpc) is 2.07. The lowest BCUT2D eigenvalue weighted by Gasteiger charge is -2.38. The van der Waals surface area contributed by atoms with Crippen molar-refractivity contribution in [1.82, 2.24) is 0 Å². The Morgan fingerprint density at radius 3 is 2.27 bits per heavy atom. The van der Waals surface area contributed by atoms with E-state index in [-0.39, 0.29) is 0 Å². The molecule has 0 N–H and O–H groups in total. The largest absolute Gasteiger partial charge is 0.0885 e. The van der Waals surface area contributed by atoms with Crippen molar-refractivity contribution in [3.05, 3.63) is 12.2 Å². The van der Waals surface area contributed by atoms with Crippen molar-refractivity contribution in [1.29, 1.82) is 0 Å². The normalized spacial score (nSPS) is 29.1. The van der Waals surface area contributed by atoms with Gasteiger partial charge in [0.25, 0.3) is 0 Å². The van der Waals surface area contributed by atoms with Gasteiger partial charge in [0.05, 0.1) is 0 Å². The predicted molar refractivity (Wildman–Crippen MR) is 48.5 cm³/mol. The van der Waals surface area contributed by atoms with Gasteiger partial charge in [-0.05, 0) is 37.5 Å². The van der Waals surface area contributed by atoms with Crippen molar-refractivity contribution in [3.8, 4) is 0 Å². The van der Waals surface area contributed by atoms with Crippen LogP contribution >= 0.6 is 0 Å². The Kier molecular flexibility index (Phi) is 2.02. The SMILES string of the molecule is C1=CCC2(CC1)CCCCC2. The lowest BCUT2D eigenvalue weighted by molar-refractivity contribution is 0.170. The molecule has 1 saturated carbocycles. The van der Waals surface area contributed by atoms with Gasteiger partial charge >= 0.3 is 0 Å². The van der Waals surface area contributed by atoms with Crippen LogP contribution in [0.2, 0.25) is 0 Å². The topological polar surface area (TPSA) is 0 Å². The molecule has 0 aromatic heterocycles. The Hall–Kier alpha value is -0.260. The molecule has 0 unspecified atom stereocenters. The highest BCUT2D eigenvalue weighted by Gasteiger charge is 2.31. The van der Waals surface area contributed by atoms with Crippen LogP contribution in [0.5, 0.6) is 0 Å². The van der Waals surface area contributed by atoms with E-state index in [0.29, 0.717) is 0 Å². The van der Waals surface area contributed by atoms with Gasteiger partial charge in [-0.15, -0.1) is 0 Å².